The minimum atomic E-state index is -0.178. The summed E-state index contributed by atoms with van der Waals surface area (Å²) in [6.45, 7) is 5.63. The molecule has 2 aromatic rings. The lowest BCUT2D eigenvalue weighted by atomic mass is 10.2. The number of nitrogens with zero attached hydrogens (tertiary/aromatic N) is 1. The van der Waals surface area contributed by atoms with Crippen molar-refractivity contribution in [2.75, 3.05) is 12.4 Å². The van der Waals surface area contributed by atoms with Crippen molar-refractivity contribution >= 4 is 11.7 Å². The van der Waals surface area contributed by atoms with E-state index in [0.29, 0.717) is 11.4 Å². The first kappa shape index (κ1) is 14.1. The maximum atomic E-state index is 12.2. The summed E-state index contributed by atoms with van der Waals surface area (Å²) in [6.07, 6.45) is 0. The Hall–Kier alpha value is -2.30. The molecule has 0 aliphatic carbocycles. The van der Waals surface area contributed by atoms with Crippen LogP contribution in [0, 0.1) is 13.8 Å². The Morgan fingerprint density at radius 2 is 2.05 bits per heavy atom. The number of rotatable bonds is 4. The van der Waals surface area contributed by atoms with Crippen LogP contribution in [0.4, 0.5) is 5.82 Å². The number of anilines is 1. The van der Waals surface area contributed by atoms with Crippen molar-refractivity contribution in [3.8, 4) is 0 Å². The third-order valence-corrected chi connectivity index (χ3v) is 3.01. The molecule has 0 spiro atoms. The van der Waals surface area contributed by atoms with Gasteiger partial charge < -0.3 is 15.1 Å². The summed E-state index contributed by atoms with van der Waals surface area (Å²) >= 11 is 0. The standard InChI is InChI=1S/C15H19N3O2/c1-9-7-12(8-14(16-4)17-9)15(19)18-11(3)13-6-5-10(2)20-13/h5-8,11H,1-4H3,(H,16,17)(H,18,19). The second-order valence-corrected chi connectivity index (χ2v) is 4.78. The number of furan rings is 1. The van der Waals surface area contributed by atoms with Crippen LogP contribution in [0.3, 0.4) is 0 Å². The number of hydrogen-bond donors (Lipinski definition) is 2. The lowest BCUT2D eigenvalue weighted by Gasteiger charge is -2.12. The fraction of sp³-hybridized carbons (Fsp3) is 0.333. The summed E-state index contributed by atoms with van der Waals surface area (Å²) in [4.78, 5) is 16.5. The Morgan fingerprint density at radius 3 is 2.65 bits per heavy atom. The van der Waals surface area contributed by atoms with Gasteiger partial charge in [0, 0.05) is 18.3 Å². The van der Waals surface area contributed by atoms with Crippen LogP contribution in [0.2, 0.25) is 0 Å². The van der Waals surface area contributed by atoms with Crippen molar-refractivity contribution in [1.29, 1.82) is 0 Å². The lowest BCUT2D eigenvalue weighted by Crippen LogP contribution is -2.26. The Morgan fingerprint density at radius 1 is 1.30 bits per heavy atom. The highest BCUT2D eigenvalue weighted by molar-refractivity contribution is 5.95. The monoisotopic (exact) mass is 273 g/mol. The van der Waals surface area contributed by atoms with Gasteiger partial charge in [-0.3, -0.25) is 4.79 Å². The molecule has 0 fully saturated rings. The topological polar surface area (TPSA) is 67.2 Å². The highest BCUT2D eigenvalue weighted by Crippen LogP contribution is 2.17. The van der Waals surface area contributed by atoms with E-state index in [1.807, 2.05) is 32.9 Å². The van der Waals surface area contributed by atoms with Crippen LogP contribution in [-0.2, 0) is 0 Å². The number of carbonyl (C=O) groups excluding carboxylic acids is 1. The summed E-state index contributed by atoms with van der Waals surface area (Å²) in [6, 6.07) is 7.06. The van der Waals surface area contributed by atoms with Gasteiger partial charge in [0.2, 0.25) is 0 Å². The molecule has 1 unspecified atom stereocenters. The summed E-state index contributed by atoms with van der Waals surface area (Å²) < 4.78 is 5.51. The van der Waals surface area contributed by atoms with Gasteiger partial charge in [-0.1, -0.05) is 0 Å². The van der Waals surface area contributed by atoms with E-state index in [2.05, 4.69) is 15.6 Å². The highest BCUT2D eigenvalue weighted by Gasteiger charge is 2.15. The molecule has 2 heterocycles. The van der Waals surface area contributed by atoms with Crippen molar-refractivity contribution in [1.82, 2.24) is 10.3 Å². The second kappa shape index (κ2) is 5.77. The largest absolute Gasteiger partial charge is 0.464 e. The van der Waals surface area contributed by atoms with E-state index >= 15 is 0 Å². The minimum absolute atomic E-state index is 0.145. The van der Waals surface area contributed by atoms with Crippen molar-refractivity contribution in [2.24, 2.45) is 0 Å². The Balaban J connectivity index is 2.13. The van der Waals surface area contributed by atoms with E-state index in [0.717, 1.165) is 17.2 Å². The van der Waals surface area contributed by atoms with E-state index in [1.165, 1.54) is 0 Å². The molecule has 1 atom stereocenters. The number of aromatic nitrogens is 1. The second-order valence-electron chi connectivity index (χ2n) is 4.78. The molecular weight excluding hydrogens is 254 g/mol. The zero-order valence-corrected chi connectivity index (χ0v) is 12.2. The van der Waals surface area contributed by atoms with E-state index in [1.54, 1.807) is 19.2 Å². The number of hydrogen-bond acceptors (Lipinski definition) is 4. The van der Waals surface area contributed by atoms with Crippen LogP contribution in [0.25, 0.3) is 0 Å². The van der Waals surface area contributed by atoms with Crippen LogP contribution >= 0.6 is 0 Å². The van der Waals surface area contributed by atoms with Crippen molar-refractivity contribution < 1.29 is 9.21 Å². The number of pyridine rings is 1. The van der Waals surface area contributed by atoms with Crippen LogP contribution in [0.15, 0.2) is 28.7 Å². The summed E-state index contributed by atoms with van der Waals surface area (Å²) in [5.74, 6) is 2.11. The molecule has 5 heteroatoms. The van der Waals surface area contributed by atoms with Gasteiger partial charge in [0.25, 0.3) is 5.91 Å². The normalized spacial score (nSPS) is 12.0. The fourth-order valence-corrected chi connectivity index (χ4v) is 1.96. The molecule has 0 aromatic carbocycles. The molecular formula is C15H19N3O2. The molecule has 0 saturated carbocycles. The van der Waals surface area contributed by atoms with E-state index in [-0.39, 0.29) is 11.9 Å². The molecule has 2 N–H and O–H groups in total. The summed E-state index contributed by atoms with van der Waals surface area (Å²) in [5, 5.41) is 5.86. The van der Waals surface area contributed by atoms with E-state index in [9.17, 15) is 4.79 Å². The highest BCUT2D eigenvalue weighted by atomic mass is 16.3. The van der Waals surface area contributed by atoms with Crippen LogP contribution in [0.1, 0.15) is 40.5 Å². The Labute approximate surface area is 118 Å². The number of amides is 1. The van der Waals surface area contributed by atoms with Crippen molar-refractivity contribution in [2.45, 2.75) is 26.8 Å². The molecule has 20 heavy (non-hydrogen) atoms. The molecule has 2 rings (SSSR count). The first-order chi connectivity index (χ1) is 9.49. The predicted molar refractivity (Wildman–Crippen MR) is 77.8 cm³/mol. The van der Waals surface area contributed by atoms with E-state index < -0.39 is 0 Å². The third-order valence-electron chi connectivity index (χ3n) is 3.01. The molecule has 106 valence electrons. The summed E-state index contributed by atoms with van der Waals surface area (Å²) in [7, 11) is 1.78. The number of aryl methyl sites for hydroxylation is 2. The maximum absolute atomic E-state index is 12.2. The first-order valence-electron chi connectivity index (χ1n) is 6.53. The van der Waals surface area contributed by atoms with Crippen LogP contribution in [-0.4, -0.2) is 17.9 Å². The summed E-state index contributed by atoms with van der Waals surface area (Å²) in [5.41, 5.74) is 1.38. The van der Waals surface area contributed by atoms with Crippen molar-refractivity contribution in [3.05, 3.63) is 47.0 Å². The maximum Gasteiger partial charge on any atom is 0.252 e. The molecule has 5 nitrogen and oxygen atoms in total. The average molecular weight is 273 g/mol. The fourth-order valence-electron chi connectivity index (χ4n) is 1.96. The zero-order chi connectivity index (χ0) is 14.7. The van der Waals surface area contributed by atoms with Gasteiger partial charge >= 0.3 is 0 Å². The Bertz CT molecular complexity index is 619. The molecule has 0 aliphatic rings. The number of nitrogens with one attached hydrogen (secondary N) is 2. The quantitative estimate of drug-likeness (QED) is 0.899. The molecule has 0 saturated heterocycles. The molecule has 0 radical (unpaired) electrons. The van der Waals surface area contributed by atoms with Gasteiger partial charge in [-0.05, 0) is 45.0 Å². The van der Waals surface area contributed by atoms with Gasteiger partial charge in [0.15, 0.2) is 0 Å². The predicted octanol–water partition coefficient (Wildman–Crippen LogP) is 2.82. The van der Waals surface area contributed by atoms with Crippen LogP contribution < -0.4 is 10.6 Å². The SMILES string of the molecule is CNc1cc(C(=O)NC(C)c2ccc(C)o2)cc(C)n1. The van der Waals surface area contributed by atoms with Gasteiger partial charge in [-0.2, -0.15) is 0 Å². The van der Waals surface area contributed by atoms with Gasteiger partial charge in [-0.15, -0.1) is 0 Å². The van der Waals surface area contributed by atoms with Gasteiger partial charge in [0.1, 0.15) is 17.3 Å². The lowest BCUT2D eigenvalue weighted by molar-refractivity contribution is 0.0935. The van der Waals surface area contributed by atoms with Crippen molar-refractivity contribution in [3.63, 3.8) is 0 Å². The Kier molecular flexibility index (Phi) is 4.08. The minimum Gasteiger partial charge on any atom is -0.464 e. The van der Waals surface area contributed by atoms with E-state index in [4.69, 9.17) is 4.42 Å². The smallest absolute Gasteiger partial charge is 0.252 e. The molecule has 1 amide bonds. The molecule has 0 bridgehead atoms. The average Bonchev–Trinajstić information content (AvgIpc) is 2.84. The molecule has 0 aliphatic heterocycles. The van der Waals surface area contributed by atoms with Gasteiger partial charge in [-0.25, -0.2) is 4.98 Å². The zero-order valence-electron chi connectivity index (χ0n) is 12.2. The number of carbonyl (C=O) groups is 1. The van der Waals surface area contributed by atoms with Crippen LogP contribution in [0.5, 0.6) is 0 Å². The molecule has 2 aromatic heterocycles. The first-order valence-corrected chi connectivity index (χ1v) is 6.53. The van der Waals surface area contributed by atoms with Gasteiger partial charge in [0.05, 0.1) is 6.04 Å². The third kappa shape index (κ3) is 3.17.